The number of carbonyl (C=O) groups excluding carboxylic acids is 2. The van der Waals surface area contributed by atoms with Gasteiger partial charge in [-0.15, -0.1) is 0 Å². The molecule has 6 heteroatoms. The first-order valence-electron chi connectivity index (χ1n) is 9.40. The van der Waals surface area contributed by atoms with Crippen LogP contribution in [0, 0.1) is 5.92 Å². The van der Waals surface area contributed by atoms with Crippen molar-refractivity contribution in [1.29, 1.82) is 0 Å². The highest BCUT2D eigenvalue weighted by Gasteiger charge is 2.31. The van der Waals surface area contributed by atoms with Crippen molar-refractivity contribution < 1.29 is 24.2 Å². The highest BCUT2D eigenvalue weighted by molar-refractivity contribution is 6.04. The molecule has 0 aromatic heterocycles. The molecular formula is C22H23NO5. The zero-order valence-electron chi connectivity index (χ0n) is 15.8. The second-order valence-electron chi connectivity index (χ2n) is 6.74. The van der Waals surface area contributed by atoms with Gasteiger partial charge in [0.05, 0.1) is 18.1 Å². The van der Waals surface area contributed by atoms with Gasteiger partial charge in [0.15, 0.2) is 0 Å². The van der Waals surface area contributed by atoms with Crippen molar-refractivity contribution in [2.75, 3.05) is 19.7 Å². The number of esters is 1. The minimum Gasteiger partial charge on any atom is -0.478 e. The third-order valence-electron chi connectivity index (χ3n) is 4.93. The van der Waals surface area contributed by atoms with Crippen molar-refractivity contribution in [3.05, 3.63) is 59.7 Å². The van der Waals surface area contributed by atoms with Gasteiger partial charge in [0.2, 0.25) is 0 Å². The van der Waals surface area contributed by atoms with Crippen molar-refractivity contribution in [2.45, 2.75) is 19.8 Å². The van der Waals surface area contributed by atoms with Gasteiger partial charge >= 0.3 is 11.9 Å². The standard InChI is InChI=1S/C22H23NO5/c1-2-28-22(27)15-8-7-13-23(14-15)20(24)18-11-5-3-9-16(18)17-10-4-6-12-19(17)21(25)26/h3-6,9-12,15H,2,7-8,13-14H2,1H3,(H,25,26). The Morgan fingerprint density at radius 2 is 1.64 bits per heavy atom. The number of likely N-dealkylation sites (tertiary alicyclic amines) is 1. The number of hydrogen-bond acceptors (Lipinski definition) is 4. The predicted molar refractivity (Wildman–Crippen MR) is 104 cm³/mol. The molecule has 0 spiro atoms. The van der Waals surface area contributed by atoms with Crippen LogP contribution < -0.4 is 0 Å². The number of ether oxygens (including phenoxy) is 1. The molecule has 1 heterocycles. The second kappa shape index (κ2) is 8.69. The maximum Gasteiger partial charge on any atom is 0.336 e. The average molecular weight is 381 g/mol. The molecule has 0 aliphatic carbocycles. The van der Waals surface area contributed by atoms with Crippen molar-refractivity contribution in [3.63, 3.8) is 0 Å². The van der Waals surface area contributed by atoms with Crippen LogP contribution in [0.1, 0.15) is 40.5 Å². The molecule has 1 aliphatic heterocycles. The van der Waals surface area contributed by atoms with Crippen LogP contribution >= 0.6 is 0 Å². The van der Waals surface area contributed by atoms with Crippen LogP contribution in [0.4, 0.5) is 0 Å². The summed E-state index contributed by atoms with van der Waals surface area (Å²) in [6, 6.07) is 13.6. The monoisotopic (exact) mass is 381 g/mol. The van der Waals surface area contributed by atoms with Crippen LogP contribution in [0.5, 0.6) is 0 Å². The Kier molecular flexibility index (Phi) is 6.09. The lowest BCUT2D eigenvalue weighted by molar-refractivity contribution is -0.149. The van der Waals surface area contributed by atoms with Crippen LogP contribution in [0.25, 0.3) is 11.1 Å². The summed E-state index contributed by atoms with van der Waals surface area (Å²) in [5.74, 6) is -1.84. The molecule has 0 saturated carbocycles. The third-order valence-corrected chi connectivity index (χ3v) is 4.93. The molecule has 28 heavy (non-hydrogen) atoms. The summed E-state index contributed by atoms with van der Waals surface area (Å²) in [5.41, 5.74) is 1.65. The molecule has 0 bridgehead atoms. The number of amides is 1. The molecule has 6 nitrogen and oxygen atoms in total. The Bertz CT molecular complexity index is 892. The van der Waals surface area contributed by atoms with E-state index in [4.69, 9.17) is 4.74 Å². The Hall–Kier alpha value is -3.15. The molecular weight excluding hydrogens is 358 g/mol. The first-order chi connectivity index (χ1) is 13.5. The highest BCUT2D eigenvalue weighted by atomic mass is 16.5. The number of carbonyl (C=O) groups is 3. The van der Waals surface area contributed by atoms with Crippen molar-refractivity contribution in [2.24, 2.45) is 5.92 Å². The molecule has 1 fully saturated rings. The Balaban J connectivity index is 1.92. The van der Waals surface area contributed by atoms with E-state index < -0.39 is 5.97 Å². The summed E-state index contributed by atoms with van der Waals surface area (Å²) in [6.45, 7) is 2.95. The Morgan fingerprint density at radius 1 is 1.04 bits per heavy atom. The van der Waals surface area contributed by atoms with E-state index in [1.807, 2.05) is 0 Å². The number of piperidine rings is 1. The van der Waals surface area contributed by atoms with E-state index in [0.717, 1.165) is 6.42 Å². The summed E-state index contributed by atoms with van der Waals surface area (Å²) in [4.78, 5) is 38.6. The van der Waals surface area contributed by atoms with Gasteiger partial charge in [0, 0.05) is 18.7 Å². The summed E-state index contributed by atoms with van der Waals surface area (Å²) in [7, 11) is 0. The summed E-state index contributed by atoms with van der Waals surface area (Å²) >= 11 is 0. The van der Waals surface area contributed by atoms with Gasteiger partial charge in [-0.2, -0.15) is 0 Å². The lowest BCUT2D eigenvalue weighted by Crippen LogP contribution is -2.43. The summed E-state index contributed by atoms with van der Waals surface area (Å²) in [6.07, 6.45) is 1.43. The lowest BCUT2D eigenvalue weighted by atomic mass is 9.93. The predicted octanol–water partition coefficient (Wildman–Crippen LogP) is 3.47. The summed E-state index contributed by atoms with van der Waals surface area (Å²) in [5, 5.41) is 9.50. The molecule has 1 saturated heterocycles. The Labute approximate surface area is 163 Å². The van der Waals surface area contributed by atoms with Gasteiger partial charge < -0.3 is 14.7 Å². The average Bonchev–Trinajstić information content (AvgIpc) is 2.73. The largest absolute Gasteiger partial charge is 0.478 e. The van der Waals surface area contributed by atoms with Gasteiger partial charge in [0.25, 0.3) is 5.91 Å². The number of aromatic carboxylic acids is 1. The third kappa shape index (κ3) is 4.06. The molecule has 1 unspecified atom stereocenters. The smallest absolute Gasteiger partial charge is 0.336 e. The maximum atomic E-state index is 13.2. The lowest BCUT2D eigenvalue weighted by Gasteiger charge is -2.32. The van der Waals surface area contributed by atoms with Crippen molar-refractivity contribution in [1.82, 2.24) is 4.90 Å². The number of benzene rings is 2. The minimum absolute atomic E-state index is 0.144. The molecule has 3 rings (SSSR count). The molecule has 146 valence electrons. The fourth-order valence-electron chi connectivity index (χ4n) is 3.59. The quantitative estimate of drug-likeness (QED) is 0.802. The van der Waals surface area contributed by atoms with Crippen LogP contribution in [-0.2, 0) is 9.53 Å². The molecule has 0 radical (unpaired) electrons. The van der Waals surface area contributed by atoms with E-state index in [-0.39, 0.29) is 23.4 Å². The Morgan fingerprint density at radius 3 is 2.29 bits per heavy atom. The van der Waals surface area contributed by atoms with Crippen LogP contribution in [0.3, 0.4) is 0 Å². The first-order valence-corrected chi connectivity index (χ1v) is 9.40. The van der Waals surface area contributed by atoms with Gasteiger partial charge in [0.1, 0.15) is 0 Å². The summed E-state index contributed by atoms with van der Waals surface area (Å²) < 4.78 is 5.11. The van der Waals surface area contributed by atoms with E-state index in [2.05, 4.69) is 0 Å². The van der Waals surface area contributed by atoms with Gasteiger partial charge in [-0.3, -0.25) is 9.59 Å². The van der Waals surface area contributed by atoms with E-state index in [0.29, 0.717) is 42.8 Å². The van der Waals surface area contributed by atoms with Gasteiger partial charge in [-0.25, -0.2) is 4.79 Å². The minimum atomic E-state index is -1.04. The van der Waals surface area contributed by atoms with E-state index in [1.54, 1.807) is 54.3 Å². The van der Waals surface area contributed by atoms with Crippen LogP contribution in [-0.4, -0.2) is 47.5 Å². The zero-order chi connectivity index (χ0) is 20.1. The molecule has 1 atom stereocenters. The number of rotatable bonds is 5. The fourth-order valence-corrected chi connectivity index (χ4v) is 3.59. The van der Waals surface area contributed by atoms with Gasteiger partial charge in [-0.05, 0) is 43.0 Å². The van der Waals surface area contributed by atoms with Crippen LogP contribution in [0.2, 0.25) is 0 Å². The van der Waals surface area contributed by atoms with E-state index in [9.17, 15) is 19.5 Å². The maximum absolute atomic E-state index is 13.2. The number of hydrogen-bond donors (Lipinski definition) is 1. The topological polar surface area (TPSA) is 83.9 Å². The fraction of sp³-hybridized carbons (Fsp3) is 0.318. The van der Waals surface area contributed by atoms with Crippen molar-refractivity contribution in [3.8, 4) is 11.1 Å². The molecule has 1 amide bonds. The molecule has 1 aliphatic rings. The molecule has 2 aromatic carbocycles. The number of carboxylic acids is 1. The SMILES string of the molecule is CCOC(=O)C1CCCN(C(=O)c2ccccc2-c2ccccc2C(=O)O)C1. The molecule has 2 aromatic rings. The zero-order valence-corrected chi connectivity index (χ0v) is 15.8. The molecule has 1 N–H and O–H groups in total. The second-order valence-corrected chi connectivity index (χ2v) is 6.74. The van der Waals surface area contributed by atoms with E-state index in [1.165, 1.54) is 6.07 Å². The normalized spacial score (nSPS) is 16.5. The van der Waals surface area contributed by atoms with Gasteiger partial charge in [-0.1, -0.05) is 36.4 Å². The number of nitrogens with zero attached hydrogens (tertiary/aromatic N) is 1. The number of carboxylic acid groups (broad SMARTS) is 1. The van der Waals surface area contributed by atoms with E-state index >= 15 is 0 Å². The first kappa shape index (κ1) is 19.6. The van der Waals surface area contributed by atoms with Crippen LogP contribution in [0.15, 0.2) is 48.5 Å². The van der Waals surface area contributed by atoms with Crippen molar-refractivity contribution >= 4 is 17.8 Å². The highest BCUT2D eigenvalue weighted by Crippen LogP contribution is 2.29.